The van der Waals surface area contributed by atoms with Crippen molar-refractivity contribution in [2.75, 3.05) is 11.9 Å². The van der Waals surface area contributed by atoms with Crippen molar-refractivity contribution in [2.24, 2.45) is 0 Å². The Kier molecular flexibility index (Phi) is 5.41. The molecule has 0 radical (unpaired) electrons. The molecule has 4 rings (SSSR count). The minimum Gasteiger partial charge on any atom is -0.462 e. The molecule has 0 aliphatic carbocycles. The van der Waals surface area contributed by atoms with Gasteiger partial charge >= 0.3 is 5.97 Å². The van der Waals surface area contributed by atoms with E-state index >= 15 is 0 Å². The molecule has 2 aromatic carbocycles. The fourth-order valence-electron chi connectivity index (χ4n) is 3.07. The largest absolute Gasteiger partial charge is 0.462 e. The number of anilines is 2. The maximum Gasteiger partial charge on any atom is 0.343 e. The molecule has 4 aromatic rings. The van der Waals surface area contributed by atoms with Gasteiger partial charge in [-0.25, -0.2) is 9.78 Å². The highest BCUT2D eigenvalue weighted by Gasteiger charge is 2.19. The number of nitrogens with zero attached hydrogens (tertiary/aromatic N) is 4. The zero-order valence-electron chi connectivity index (χ0n) is 16.6. The average molecular weight is 411 g/mol. The summed E-state index contributed by atoms with van der Waals surface area (Å²) in [6, 6.07) is 18.1. The third kappa shape index (κ3) is 3.97. The fourth-order valence-corrected chi connectivity index (χ4v) is 3.07. The van der Waals surface area contributed by atoms with Crippen molar-refractivity contribution in [1.29, 1.82) is 5.26 Å². The second-order valence-corrected chi connectivity index (χ2v) is 6.54. The summed E-state index contributed by atoms with van der Waals surface area (Å²) in [6.45, 7) is 1.84. The normalized spacial score (nSPS) is 10.5. The summed E-state index contributed by atoms with van der Waals surface area (Å²) in [5, 5.41) is 12.2. The maximum atomic E-state index is 12.9. The van der Waals surface area contributed by atoms with E-state index in [1.165, 1.54) is 12.4 Å². The smallest absolute Gasteiger partial charge is 0.343 e. The van der Waals surface area contributed by atoms with Gasteiger partial charge in [-0.05, 0) is 43.3 Å². The molecule has 0 aliphatic heterocycles. The van der Waals surface area contributed by atoms with E-state index in [1.54, 1.807) is 35.8 Å². The van der Waals surface area contributed by atoms with Crippen LogP contribution in [0.3, 0.4) is 0 Å². The van der Waals surface area contributed by atoms with Crippen LogP contribution >= 0.6 is 0 Å². The number of hydrogen-bond donors (Lipinski definition) is 1. The van der Waals surface area contributed by atoms with Crippen LogP contribution in [-0.2, 0) is 4.74 Å². The second-order valence-electron chi connectivity index (χ2n) is 6.54. The minimum atomic E-state index is -0.695. The van der Waals surface area contributed by atoms with Crippen molar-refractivity contribution in [3.8, 4) is 11.8 Å². The van der Waals surface area contributed by atoms with Crippen LogP contribution < -0.4 is 10.7 Å². The number of pyridine rings is 1. The summed E-state index contributed by atoms with van der Waals surface area (Å²) in [5.41, 5.74) is 1.71. The minimum absolute atomic E-state index is 0.0883. The van der Waals surface area contributed by atoms with E-state index in [4.69, 9.17) is 10.00 Å². The molecular formula is C23H17N5O3. The van der Waals surface area contributed by atoms with Crippen LogP contribution in [0.2, 0.25) is 0 Å². The first-order valence-electron chi connectivity index (χ1n) is 9.53. The number of para-hydroxylation sites is 1. The third-order valence-electron chi connectivity index (χ3n) is 4.54. The standard InChI is InChI=1S/C23H17N5O3/c1-2-31-22(30)19-14-28(17-6-4-3-5-7-17)21-18(20(19)29)13-25-23(27-21)26-16-10-8-15(12-24)9-11-16/h3-11,13-14H,2H2,1H3,(H,25,26,27). The van der Waals surface area contributed by atoms with E-state index in [1.807, 2.05) is 30.3 Å². The lowest BCUT2D eigenvalue weighted by Gasteiger charge is -2.13. The van der Waals surface area contributed by atoms with E-state index in [0.29, 0.717) is 16.9 Å². The number of nitriles is 1. The van der Waals surface area contributed by atoms with E-state index in [-0.39, 0.29) is 23.5 Å². The van der Waals surface area contributed by atoms with Gasteiger partial charge in [0.1, 0.15) is 5.56 Å². The first-order valence-corrected chi connectivity index (χ1v) is 9.53. The molecule has 0 saturated heterocycles. The molecule has 2 heterocycles. The monoisotopic (exact) mass is 411 g/mol. The number of hydrogen-bond acceptors (Lipinski definition) is 7. The van der Waals surface area contributed by atoms with Crippen LogP contribution in [0.5, 0.6) is 0 Å². The van der Waals surface area contributed by atoms with Gasteiger partial charge in [0.25, 0.3) is 0 Å². The Bertz CT molecular complexity index is 1360. The van der Waals surface area contributed by atoms with E-state index < -0.39 is 11.4 Å². The zero-order chi connectivity index (χ0) is 21.8. The molecule has 31 heavy (non-hydrogen) atoms. The van der Waals surface area contributed by atoms with E-state index in [9.17, 15) is 9.59 Å². The summed E-state index contributed by atoms with van der Waals surface area (Å²) < 4.78 is 6.70. The highest BCUT2D eigenvalue weighted by Crippen LogP contribution is 2.19. The van der Waals surface area contributed by atoms with Crippen LogP contribution in [0.4, 0.5) is 11.6 Å². The van der Waals surface area contributed by atoms with E-state index in [0.717, 1.165) is 5.69 Å². The Balaban J connectivity index is 1.86. The average Bonchev–Trinajstić information content (AvgIpc) is 2.80. The predicted octanol–water partition coefficient (Wildman–Crippen LogP) is 3.57. The number of ether oxygens (including phenoxy) is 1. The Labute approximate surface area is 177 Å². The molecule has 8 nitrogen and oxygen atoms in total. The number of benzene rings is 2. The molecule has 0 fully saturated rings. The molecule has 0 amide bonds. The van der Waals surface area contributed by atoms with Crippen LogP contribution in [0.25, 0.3) is 16.7 Å². The number of rotatable bonds is 5. The topological polar surface area (TPSA) is 110 Å². The number of esters is 1. The molecule has 1 N–H and O–H groups in total. The third-order valence-corrected chi connectivity index (χ3v) is 4.54. The molecular weight excluding hydrogens is 394 g/mol. The quantitative estimate of drug-likeness (QED) is 0.500. The van der Waals surface area contributed by atoms with Crippen LogP contribution in [0.1, 0.15) is 22.8 Å². The van der Waals surface area contributed by atoms with Gasteiger partial charge in [0, 0.05) is 23.8 Å². The van der Waals surface area contributed by atoms with Crippen molar-refractivity contribution in [3.63, 3.8) is 0 Å². The maximum absolute atomic E-state index is 12.9. The molecule has 0 aliphatic rings. The first-order chi connectivity index (χ1) is 15.1. The Morgan fingerprint density at radius 2 is 1.90 bits per heavy atom. The molecule has 152 valence electrons. The predicted molar refractivity (Wildman–Crippen MR) is 116 cm³/mol. The van der Waals surface area contributed by atoms with Crippen molar-refractivity contribution >= 4 is 28.6 Å². The molecule has 0 bridgehead atoms. The lowest BCUT2D eigenvalue weighted by Crippen LogP contribution is -2.21. The molecule has 0 saturated carbocycles. The summed E-state index contributed by atoms with van der Waals surface area (Å²) in [4.78, 5) is 34.0. The van der Waals surface area contributed by atoms with Gasteiger partial charge in [-0.15, -0.1) is 0 Å². The number of carbonyl (C=O) groups is 1. The van der Waals surface area contributed by atoms with Crippen LogP contribution in [0.15, 0.2) is 71.8 Å². The molecule has 0 atom stereocenters. The van der Waals surface area contributed by atoms with Crippen molar-refractivity contribution in [1.82, 2.24) is 14.5 Å². The zero-order valence-corrected chi connectivity index (χ0v) is 16.6. The Hall–Kier alpha value is -4.51. The van der Waals surface area contributed by atoms with Crippen molar-refractivity contribution in [2.45, 2.75) is 6.92 Å². The highest BCUT2D eigenvalue weighted by atomic mass is 16.5. The first kappa shape index (κ1) is 19.8. The molecule has 8 heteroatoms. The molecule has 0 unspecified atom stereocenters. The van der Waals surface area contributed by atoms with Gasteiger partial charge < -0.3 is 14.6 Å². The Morgan fingerprint density at radius 3 is 2.58 bits per heavy atom. The lowest BCUT2D eigenvalue weighted by molar-refractivity contribution is 0.0524. The summed E-state index contributed by atoms with van der Waals surface area (Å²) >= 11 is 0. The fraction of sp³-hybridized carbons (Fsp3) is 0.0870. The van der Waals surface area contributed by atoms with Crippen molar-refractivity contribution < 1.29 is 9.53 Å². The Morgan fingerprint density at radius 1 is 1.16 bits per heavy atom. The van der Waals surface area contributed by atoms with Crippen molar-refractivity contribution in [3.05, 3.63) is 88.3 Å². The van der Waals surface area contributed by atoms with Crippen LogP contribution in [0, 0.1) is 11.3 Å². The van der Waals surface area contributed by atoms with Gasteiger partial charge in [0.2, 0.25) is 11.4 Å². The van der Waals surface area contributed by atoms with Gasteiger partial charge in [-0.2, -0.15) is 10.2 Å². The van der Waals surface area contributed by atoms with Gasteiger partial charge in [0.05, 0.1) is 23.6 Å². The summed E-state index contributed by atoms with van der Waals surface area (Å²) in [7, 11) is 0. The second kappa shape index (κ2) is 8.47. The van der Waals surface area contributed by atoms with Gasteiger partial charge in [-0.3, -0.25) is 4.79 Å². The van der Waals surface area contributed by atoms with Crippen LogP contribution in [-0.4, -0.2) is 27.1 Å². The highest BCUT2D eigenvalue weighted by molar-refractivity contribution is 5.93. The number of aromatic nitrogens is 3. The summed E-state index contributed by atoms with van der Waals surface area (Å²) in [5.74, 6) is -0.427. The SMILES string of the molecule is CCOC(=O)c1cn(-c2ccccc2)c2nc(Nc3ccc(C#N)cc3)ncc2c1=O. The molecule has 2 aromatic heterocycles. The lowest BCUT2D eigenvalue weighted by atomic mass is 10.2. The number of nitrogens with one attached hydrogen (secondary N) is 1. The van der Waals surface area contributed by atoms with E-state index in [2.05, 4.69) is 21.4 Å². The summed E-state index contributed by atoms with van der Waals surface area (Å²) in [6.07, 6.45) is 2.83. The van der Waals surface area contributed by atoms with Gasteiger partial charge in [-0.1, -0.05) is 18.2 Å². The number of carbonyl (C=O) groups excluding carboxylic acids is 1. The van der Waals surface area contributed by atoms with Gasteiger partial charge in [0.15, 0.2) is 5.65 Å². The molecule has 0 spiro atoms. The number of fused-ring (bicyclic) bond motifs is 1.